The van der Waals surface area contributed by atoms with E-state index in [2.05, 4.69) is 4.98 Å². The van der Waals surface area contributed by atoms with Crippen LogP contribution in [0.1, 0.15) is 18.4 Å². The summed E-state index contributed by atoms with van der Waals surface area (Å²) in [7, 11) is 0. The lowest BCUT2D eigenvalue weighted by atomic mass is 10.2. The molecule has 1 aromatic rings. The fourth-order valence-corrected chi connectivity index (χ4v) is 1.78. The van der Waals surface area contributed by atoms with Gasteiger partial charge in [-0.2, -0.15) is 0 Å². The normalized spacial score (nSPS) is 10.9. The smallest absolute Gasteiger partial charge is 0.261 e. The predicted molar refractivity (Wildman–Crippen MR) is 74.8 cm³/mol. The summed E-state index contributed by atoms with van der Waals surface area (Å²) in [5.74, 6) is -0.137. The Balaban J connectivity index is 2.45. The molecule has 7 heteroatoms. The van der Waals surface area contributed by atoms with Crippen LogP contribution in [0.25, 0.3) is 0 Å². The van der Waals surface area contributed by atoms with Crippen LogP contribution in [0.2, 0.25) is 0 Å². The van der Waals surface area contributed by atoms with Gasteiger partial charge < -0.3 is 15.4 Å². The number of halogens is 2. The van der Waals surface area contributed by atoms with Crippen LogP contribution in [0.5, 0.6) is 0 Å². The molecule has 5 nitrogen and oxygen atoms in total. The molecule has 1 amide bonds. The van der Waals surface area contributed by atoms with Crippen molar-refractivity contribution in [3.05, 3.63) is 30.1 Å². The van der Waals surface area contributed by atoms with Gasteiger partial charge in [-0.3, -0.25) is 9.78 Å². The molecule has 0 bridgehead atoms. The van der Waals surface area contributed by atoms with Crippen LogP contribution in [-0.2, 0) is 16.1 Å². The number of carbonyl (C=O) groups excluding carboxylic acids is 1. The quantitative estimate of drug-likeness (QED) is 0.664. The molecule has 0 spiro atoms. The third-order valence-corrected chi connectivity index (χ3v) is 2.79. The first-order valence-electron chi connectivity index (χ1n) is 6.86. The SMILES string of the molecule is NCCCN(Cc1cccnc1)C(=O)CCOCC(F)F. The van der Waals surface area contributed by atoms with Crippen molar-refractivity contribution < 1.29 is 18.3 Å². The first kappa shape index (κ1) is 17.5. The van der Waals surface area contributed by atoms with Gasteiger partial charge >= 0.3 is 0 Å². The molecule has 0 saturated carbocycles. The van der Waals surface area contributed by atoms with Crippen molar-refractivity contribution >= 4 is 5.91 Å². The van der Waals surface area contributed by atoms with E-state index < -0.39 is 13.0 Å². The minimum absolute atomic E-state index is 0.00462. The zero-order valence-electron chi connectivity index (χ0n) is 11.9. The molecule has 1 aromatic heterocycles. The number of nitrogens with two attached hydrogens (primary N) is 1. The molecule has 0 radical (unpaired) electrons. The summed E-state index contributed by atoms with van der Waals surface area (Å²) in [6.07, 6.45) is 1.61. The molecule has 0 aromatic carbocycles. The van der Waals surface area contributed by atoms with E-state index in [4.69, 9.17) is 10.5 Å². The van der Waals surface area contributed by atoms with Crippen molar-refractivity contribution in [2.24, 2.45) is 5.73 Å². The molecular formula is C14H21F2N3O2. The fraction of sp³-hybridized carbons (Fsp3) is 0.571. The number of rotatable bonds is 10. The van der Waals surface area contributed by atoms with Gasteiger partial charge in [0.05, 0.1) is 13.0 Å². The topological polar surface area (TPSA) is 68.5 Å². The minimum atomic E-state index is -2.51. The maximum Gasteiger partial charge on any atom is 0.261 e. The third kappa shape index (κ3) is 7.67. The number of hydrogen-bond acceptors (Lipinski definition) is 4. The highest BCUT2D eigenvalue weighted by molar-refractivity contribution is 5.76. The summed E-state index contributed by atoms with van der Waals surface area (Å²) in [5.41, 5.74) is 6.38. The standard InChI is InChI=1S/C14H21F2N3O2/c15-13(16)11-21-8-4-14(20)19(7-2-5-17)10-12-3-1-6-18-9-12/h1,3,6,9,13H,2,4-5,7-8,10-11,17H2. The monoisotopic (exact) mass is 301 g/mol. The van der Waals surface area contributed by atoms with Crippen LogP contribution in [0.15, 0.2) is 24.5 Å². The zero-order chi connectivity index (χ0) is 15.5. The summed E-state index contributed by atoms with van der Waals surface area (Å²) in [4.78, 5) is 17.7. The average molecular weight is 301 g/mol. The van der Waals surface area contributed by atoms with Crippen LogP contribution in [-0.4, -0.2) is 48.5 Å². The first-order chi connectivity index (χ1) is 10.1. The molecular weight excluding hydrogens is 280 g/mol. The molecule has 0 aliphatic heterocycles. The van der Waals surface area contributed by atoms with Crippen LogP contribution < -0.4 is 5.73 Å². The molecule has 0 unspecified atom stereocenters. The lowest BCUT2D eigenvalue weighted by Crippen LogP contribution is -2.33. The second-order valence-electron chi connectivity index (χ2n) is 4.53. The zero-order valence-corrected chi connectivity index (χ0v) is 11.9. The predicted octanol–water partition coefficient (Wildman–Crippen LogP) is 1.43. The van der Waals surface area contributed by atoms with Crippen molar-refractivity contribution in [3.8, 4) is 0 Å². The van der Waals surface area contributed by atoms with Gasteiger partial charge in [-0.25, -0.2) is 8.78 Å². The van der Waals surface area contributed by atoms with Gasteiger partial charge in [0, 0.05) is 25.5 Å². The third-order valence-electron chi connectivity index (χ3n) is 2.79. The van der Waals surface area contributed by atoms with Gasteiger partial charge in [-0.1, -0.05) is 6.07 Å². The lowest BCUT2D eigenvalue weighted by Gasteiger charge is -2.22. The summed E-state index contributed by atoms with van der Waals surface area (Å²) >= 11 is 0. The summed E-state index contributed by atoms with van der Waals surface area (Å²) < 4.78 is 28.6. The number of nitrogens with zero attached hydrogens (tertiary/aromatic N) is 2. The highest BCUT2D eigenvalue weighted by Crippen LogP contribution is 2.06. The summed E-state index contributed by atoms with van der Waals surface area (Å²) in [6.45, 7) is 0.799. The van der Waals surface area contributed by atoms with E-state index in [0.29, 0.717) is 26.1 Å². The second-order valence-corrected chi connectivity index (χ2v) is 4.53. The van der Waals surface area contributed by atoms with E-state index in [1.807, 2.05) is 6.07 Å². The van der Waals surface area contributed by atoms with Crippen LogP contribution in [0.4, 0.5) is 8.78 Å². The number of aromatic nitrogens is 1. The van der Waals surface area contributed by atoms with Gasteiger partial charge in [0.25, 0.3) is 6.43 Å². The molecule has 0 aliphatic carbocycles. The van der Waals surface area contributed by atoms with Crippen LogP contribution >= 0.6 is 0 Å². The maximum absolute atomic E-state index is 12.1. The molecule has 1 rings (SSSR count). The second kappa shape index (κ2) is 10.2. The van der Waals surface area contributed by atoms with E-state index in [9.17, 15) is 13.6 Å². The van der Waals surface area contributed by atoms with Gasteiger partial charge in [-0.05, 0) is 24.6 Å². The molecule has 21 heavy (non-hydrogen) atoms. The van der Waals surface area contributed by atoms with Gasteiger partial charge in [-0.15, -0.1) is 0 Å². The average Bonchev–Trinajstić information content (AvgIpc) is 2.48. The van der Waals surface area contributed by atoms with Crippen LogP contribution in [0, 0.1) is 0 Å². The first-order valence-corrected chi connectivity index (χ1v) is 6.86. The van der Waals surface area contributed by atoms with E-state index in [1.165, 1.54) is 0 Å². The van der Waals surface area contributed by atoms with Crippen molar-refractivity contribution in [2.75, 3.05) is 26.3 Å². The maximum atomic E-state index is 12.1. The van der Waals surface area contributed by atoms with Crippen molar-refractivity contribution in [3.63, 3.8) is 0 Å². The van der Waals surface area contributed by atoms with E-state index in [-0.39, 0.29) is 18.9 Å². The van der Waals surface area contributed by atoms with Gasteiger partial charge in [0.15, 0.2) is 0 Å². The Kier molecular flexibility index (Phi) is 8.45. The molecule has 118 valence electrons. The Morgan fingerprint density at radius 1 is 1.48 bits per heavy atom. The number of ether oxygens (including phenoxy) is 1. The van der Waals surface area contributed by atoms with E-state index >= 15 is 0 Å². The van der Waals surface area contributed by atoms with Gasteiger partial charge in [0.2, 0.25) is 5.91 Å². The summed E-state index contributed by atoms with van der Waals surface area (Å²) in [5, 5.41) is 0. The minimum Gasteiger partial charge on any atom is -0.375 e. The number of alkyl halides is 2. The summed E-state index contributed by atoms with van der Waals surface area (Å²) in [6, 6.07) is 3.68. The number of hydrogen-bond donors (Lipinski definition) is 1. The molecule has 0 atom stereocenters. The molecule has 2 N–H and O–H groups in total. The Bertz CT molecular complexity index is 404. The Labute approximate surface area is 123 Å². The molecule has 1 heterocycles. The molecule has 0 fully saturated rings. The number of pyridine rings is 1. The molecule has 0 saturated heterocycles. The largest absolute Gasteiger partial charge is 0.375 e. The molecule has 0 aliphatic rings. The number of amides is 1. The van der Waals surface area contributed by atoms with E-state index in [0.717, 1.165) is 5.56 Å². The highest BCUT2D eigenvalue weighted by atomic mass is 19.3. The van der Waals surface area contributed by atoms with Crippen molar-refractivity contribution in [2.45, 2.75) is 25.8 Å². The van der Waals surface area contributed by atoms with Crippen molar-refractivity contribution in [1.82, 2.24) is 9.88 Å². The fourth-order valence-electron chi connectivity index (χ4n) is 1.78. The Morgan fingerprint density at radius 2 is 2.29 bits per heavy atom. The van der Waals surface area contributed by atoms with Crippen molar-refractivity contribution in [1.29, 1.82) is 0 Å². The Hall–Kier alpha value is -1.60. The van der Waals surface area contributed by atoms with Gasteiger partial charge in [0.1, 0.15) is 6.61 Å². The lowest BCUT2D eigenvalue weighted by molar-refractivity contribution is -0.133. The van der Waals surface area contributed by atoms with E-state index in [1.54, 1.807) is 23.4 Å². The Morgan fingerprint density at radius 3 is 2.90 bits per heavy atom. The number of carbonyl (C=O) groups is 1. The van der Waals surface area contributed by atoms with Crippen LogP contribution in [0.3, 0.4) is 0 Å². The highest BCUT2D eigenvalue weighted by Gasteiger charge is 2.14.